The maximum atomic E-state index is 14.4. The Labute approximate surface area is 286 Å². The molecule has 0 radical (unpaired) electrons. The van der Waals surface area contributed by atoms with Crippen LogP contribution in [0.15, 0.2) is 78.9 Å². The molecule has 2 atom stereocenters. The van der Waals surface area contributed by atoms with Crippen molar-refractivity contribution in [2.45, 2.75) is 58.0 Å². The third kappa shape index (κ3) is 8.13. The van der Waals surface area contributed by atoms with Crippen molar-refractivity contribution in [3.63, 3.8) is 0 Å². The van der Waals surface area contributed by atoms with Crippen molar-refractivity contribution < 1.29 is 36.7 Å². The molecule has 0 aliphatic carbocycles. The zero-order valence-corrected chi connectivity index (χ0v) is 28.0. The van der Waals surface area contributed by atoms with Crippen molar-refractivity contribution in [2.75, 3.05) is 24.5 Å². The van der Waals surface area contributed by atoms with Crippen LogP contribution in [0.3, 0.4) is 0 Å². The molecule has 4 aromatic rings. The fourth-order valence-electron chi connectivity index (χ4n) is 5.82. The highest BCUT2D eigenvalue weighted by Gasteiger charge is 2.46. The number of benzene rings is 3. The molecule has 0 bridgehead atoms. The average molecular weight is 695 g/mol. The van der Waals surface area contributed by atoms with Crippen molar-refractivity contribution >= 4 is 23.7 Å². The van der Waals surface area contributed by atoms with Crippen molar-refractivity contribution in [1.29, 1.82) is 0 Å². The molecule has 50 heavy (non-hydrogen) atoms. The first-order valence-corrected chi connectivity index (χ1v) is 16.1. The fourth-order valence-corrected chi connectivity index (χ4v) is 5.82. The molecule has 3 amide bonds. The lowest BCUT2D eigenvalue weighted by Crippen LogP contribution is -2.55. The molecular formula is C36H38F4N6O4. The van der Waals surface area contributed by atoms with Crippen LogP contribution in [0, 0.1) is 5.82 Å². The number of hydrogen-bond acceptors (Lipinski definition) is 6. The van der Waals surface area contributed by atoms with E-state index in [1.807, 2.05) is 30.3 Å². The molecule has 0 saturated carbocycles. The fraction of sp³-hybridized carbons (Fsp3) is 0.333. The lowest BCUT2D eigenvalue weighted by molar-refractivity contribution is -0.137. The summed E-state index contributed by atoms with van der Waals surface area (Å²) >= 11 is 0. The molecule has 264 valence electrons. The van der Waals surface area contributed by atoms with Crippen LogP contribution < -0.4 is 20.9 Å². The minimum Gasteiger partial charge on any atom is -0.444 e. The van der Waals surface area contributed by atoms with Crippen LogP contribution in [0.5, 0.6) is 0 Å². The summed E-state index contributed by atoms with van der Waals surface area (Å²) in [5.74, 6) is -2.40. The van der Waals surface area contributed by atoms with Gasteiger partial charge in [0.25, 0.3) is 11.8 Å². The molecule has 1 aliphatic rings. The first kappa shape index (κ1) is 36.1. The molecule has 14 heteroatoms. The number of amides is 3. The Kier molecular flexibility index (Phi) is 10.6. The summed E-state index contributed by atoms with van der Waals surface area (Å²) in [6.07, 6.45) is -5.25. The van der Waals surface area contributed by atoms with Crippen LogP contribution in [0.1, 0.15) is 66.4 Å². The molecule has 0 saturated heterocycles. The van der Waals surface area contributed by atoms with Crippen molar-refractivity contribution in [3.8, 4) is 5.69 Å². The number of halogens is 4. The largest absolute Gasteiger partial charge is 0.444 e. The summed E-state index contributed by atoms with van der Waals surface area (Å²) in [6.45, 7) is 7.91. The highest BCUT2D eigenvalue weighted by Crippen LogP contribution is 2.43. The van der Waals surface area contributed by atoms with E-state index in [0.717, 1.165) is 18.2 Å². The van der Waals surface area contributed by atoms with E-state index in [0.29, 0.717) is 34.9 Å². The molecule has 0 unspecified atom stereocenters. The number of carbonyl (C=O) groups is 3. The van der Waals surface area contributed by atoms with Gasteiger partial charge in [0.05, 0.1) is 16.9 Å². The number of anilines is 1. The van der Waals surface area contributed by atoms with Gasteiger partial charge in [-0.15, -0.1) is 0 Å². The molecule has 10 nitrogen and oxygen atoms in total. The average Bonchev–Trinajstić information content (AvgIpc) is 3.43. The number of alkyl carbamates (subject to hydrolysis) is 1. The third-order valence-electron chi connectivity index (χ3n) is 7.95. The van der Waals surface area contributed by atoms with Crippen LogP contribution in [0.25, 0.3) is 5.69 Å². The number of para-hydroxylation sites is 1. The van der Waals surface area contributed by atoms with Crippen molar-refractivity contribution in [1.82, 2.24) is 25.7 Å². The molecule has 1 aromatic heterocycles. The van der Waals surface area contributed by atoms with Crippen LogP contribution in [0.2, 0.25) is 0 Å². The van der Waals surface area contributed by atoms with Crippen molar-refractivity contribution in [2.24, 2.45) is 0 Å². The monoisotopic (exact) mass is 694 g/mol. The molecule has 3 aromatic carbocycles. The van der Waals surface area contributed by atoms with Gasteiger partial charge in [0.2, 0.25) is 0 Å². The van der Waals surface area contributed by atoms with Gasteiger partial charge < -0.3 is 20.7 Å². The van der Waals surface area contributed by atoms with E-state index in [4.69, 9.17) is 9.84 Å². The number of likely N-dealkylation sites (N-methyl/N-ethyl adjacent to an activating group) is 1. The maximum absolute atomic E-state index is 14.4. The summed E-state index contributed by atoms with van der Waals surface area (Å²) in [5.41, 5.74) is 0.239. The third-order valence-corrected chi connectivity index (χ3v) is 7.95. The smallest absolute Gasteiger partial charge is 0.416 e. The SMILES string of the molecule is CCN1C(=O)[C@@H](NC(=O)c2cccc(C(F)(F)F)c2)[C@@H](c2ccc(F)cc2)c2c(CNCCNC(=O)OC(C)(C)C)nn(-c3ccccc3)c21. The highest BCUT2D eigenvalue weighted by atomic mass is 19.4. The number of aromatic nitrogens is 2. The van der Waals surface area contributed by atoms with E-state index in [1.54, 1.807) is 32.4 Å². The number of hydrogen-bond donors (Lipinski definition) is 3. The normalized spacial score (nSPS) is 16.2. The van der Waals surface area contributed by atoms with Gasteiger partial charge in [-0.1, -0.05) is 36.4 Å². The maximum Gasteiger partial charge on any atom is 0.416 e. The zero-order chi connectivity index (χ0) is 36.2. The topological polar surface area (TPSA) is 118 Å². The Morgan fingerprint density at radius 1 is 0.940 bits per heavy atom. The molecule has 2 heterocycles. The predicted octanol–water partition coefficient (Wildman–Crippen LogP) is 5.94. The second-order valence-electron chi connectivity index (χ2n) is 12.7. The van der Waals surface area contributed by atoms with Crippen LogP contribution >= 0.6 is 0 Å². The summed E-state index contributed by atoms with van der Waals surface area (Å²) in [5, 5.41) is 13.6. The Hall–Kier alpha value is -5.24. The van der Waals surface area contributed by atoms with Gasteiger partial charge in [-0.3, -0.25) is 14.5 Å². The number of nitrogens with zero attached hydrogens (tertiary/aromatic N) is 3. The Morgan fingerprint density at radius 3 is 2.28 bits per heavy atom. The lowest BCUT2D eigenvalue weighted by Gasteiger charge is -2.38. The number of fused-ring (bicyclic) bond motifs is 1. The summed E-state index contributed by atoms with van der Waals surface area (Å²) in [6, 6.07) is 17.2. The van der Waals surface area contributed by atoms with Crippen molar-refractivity contribution in [3.05, 3.63) is 113 Å². The molecule has 5 rings (SSSR count). The summed E-state index contributed by atoms with van der Waals surface area (Å²) in [7, 11) is 0. The number of nitrogens with one attached hydrogen (secondary N) is 3. The Morgan fingerprint density at radius 2 is 1.64 bits per heavy atom. The number of alkyl halides is 3. The van der Waals surface area contributed by atoms with Gasteiger partial charge in [0.15, 0.2) is 0 Å². The lowest BCUT2D eigenvalue weighted by atomic mass is 9.80. The van der Waals surface area contributed by atoms with E-state index < -0.39 is 53.0 Å². The first-order chi connectivity index (χ1) is 23.7. The minimum atomic E-state index is -4.68. The second-order valence-corrected chi connectivity index (χ2v) is 12.7. The van der Waals surface area contributed by atoms with E-state index in [1.165, 1.54) is 35.2 Å². The van der Waals surface area contributed by atoms with Gasteiger partial charge in [-0.25, -0.2) is 13.9 Å². The predicted molar refractivity (Wildman–Crippen MR) is 178 cm³/mol. The summed E-state index contributed by atoms with van der Waals surface area (Å²) in [4.78, 5) is 41.6. The van der Waals surface area contributed by atoms with Crippen LogP contribution in [-0.4, -0.2) is 59.0 Å². The van der Waals surface area contributed by atoms with E-state index in [2.05, 4.69) is 16.0 Å². The Bertz CT molecular complexity index is 1840. The summed E-state index contributed by atoms with van der Waals surface area (Å²) < 4.78 is 61.6. The number of rotatable bonds is 10. The standard InChI is InChI=1S/C36H38F4N6O4/c1-5-45-32-29(27(44-46(32)26-12-7-6-8-13-26)21-41-18-19-42-34(49)50-35(2,3)4)28(22-14-16-25(37)17-15-22)30(33(45)48)43-31(47)23-10-9-11-24(20-23)36(38,39)40/h6-17,20,28,30,41H,5,18-19,21H2,1-4H3,(H,42,49)(H,43,47)/t28-,30-/m0/s1. The van der Waals surface area contributed by atoms with E-state index in [9.17, 15) is 31.9 Å². The van der Waals surface area contributed by atoms with Gasteiger partial charge in [0, 0.05) is 43.2 Å². The quantitative estimate of drug-likeness (QED) is 0.140. The van der Waals surface area contributed by atoms with Crippen LogP contribution in [-0.2, 0) is 22.3 Å². The first-order valence-electron chi connectivity index (χ1n) is 16.1. The molecule has 1 aliphatic heterocycles. The number of carbonyl (C=O) groups excluding carboxylic acids is 3. The van der Waals surface area contributed by atoms with E-state index in [-0.39, 0.29) is 25.2 Å². The highest BCUT2D eigenvalue weighted by molar-refractivity contribution is 6.05. The van der Waals surface area contributed by atoms with Gasteiger partial charge in [0.1, 0.15) is 23.3 Å². The molecule has 0 fully saturated rings. The zero-order valence-electron chi connectivity index (χ0n) is 28.0. The minimum absolute atomic E-state index is 0.163. The molecule has 3 N–H and O–H groups in total. The van der Waals surface area contributed by atoms with Gasteiger partial charge in [-0.2, -0.15) is 18.3 Å². The second kappa shape index (κ2) is 14.7. The van der Waals surface area contributed by atoms with Crippen LogP contribution in [0.4, 0.5) is 28.2 Å². The van der Waals surface area contributed by atoms with Gasteiger partial charge >= 0.3 is 12.3 Å². The Balaban J connectivity index is 1.56. The number of ether oxygens (including phenoxy) is 1. The van der Waals surface area contributed by atoms with Gasteiger partial charge in [-0.05, 0) is 75.7 Å². The van der Waals surface area contributed by atoms with E-state index >= 15 is 0 Å². The molecule has 0 spiro atoms. The molecular weight excluding hydrogens is 656 g/mol.